The lowest BCUT2D eigenvalue weighted by Gasteiger charge is -2.02. The Kier molecular flexibility index (Phi) is 5.70. The lowest BCUT2D eigenvalue weighted by atomic mass is 10.3. The van der Waals surface area contributed by atoms with Crippen LogP contribution in [0.4, 0.5) is 0 Å². The zero-order valence-corrected chi connectivity index (χ0v) is 11.1. The number of hydrogen-bond acceptors (Lipinski definition) is 3. The lowest BCUT2D eigenvalue weighted by molar-refractivity contribution is 0.628. The molecule has 0 atom stereocenters. The second-order valence-electron chi connectivity index (χ2n) is 3.20. The van der Waals surface area contributed by atoms with Crippen LogP contribution in [0.1, 0.15) is 17.4 Å². The second-order valence-corrected chi connectivity index (χ2v) is 5.65. The highest BCUT2D eigenvalue weighted by atomic mass is 79.9. The molecule has 0 aliphatic rings. The van der Waals surface area contributed by atoms with Crippen LogP contribution < -0.4 is 10.6 Å². The summed E-state index contributed by atoms with van der Waals surface area (Å²) in [5.41, 5.74) is 1.33. The van der Waals surface area contributed by atoms with E-state index < -0.39 is 0 Å². The first-order valence-electron chi connectivity index (χ1n) is 4.90. The van der Waals surface area contributed by atoms with Gasteiger partial charge in [0.1, 0.15) is 0 Å². The molecular formula is C10H17BrN2S. The first kappa shape index (κ1) is 12.2. The van der Waals surface area contributed by atoms with Crippen LogP contribution >= 0.6 is 27.3 Å². The molecule has 1 aromatic rings. The van der Waals surface area contributed by atoms with E-state index in [9.17, 15) is 0 Å². The molecule has 0 fully saturated rings. The normalized spacial score (nSPS) is 10.8. The highest BCUT2D eigenvalue weighted by Crippen LogP contribution is 2.26. The van der Waals surface area contributed by atoms with E-state index in [4.69, 9.17) is 0 Å². The van der Waals surface area contributed by atoms with Gasteiger partial charge in [0.2, 0.25) is 0 Å². The van der Waals surface area contributed by atoms with Crippen LogP contribution in [0.5, 0.6) is 0 Å². The third-order valence-corrected chi connectivity index (χ3v) is 4.07. The third kappa shape index (κ3) is 4.09. The zero-order valence-electron chi connectivity index (χ0n) is 8.69. The van der Waals surface area contributed by atoms with Gasteiger partial charge in [-0.1, -0.05) is 6.92 Å². The predicted molar refractivity (Wildman–Crippen MR) is 67.0 cm³/mol. The number of likely N-dealkylation sites (N-methyl/N-ethyl adjacent to an activating group) is 1. The fourth-order valence-corrected chi connectivity index (χ4v) is 2.77. The molecule has 0 aliphatic carbocycles. The van der Waals surface area contributed by atoms with Crippen molar-refractivity contribution in [2.24, 2.45) is 0 Å². The van der Waals surface area contributed by atoms with Crippen LogP contribution in [0.15, 0.2) is 9.85 Å². The van der Waals surface area contributed by atoms with Crippen molar-refractivity contribution in [1.82, 2.24) is 10.6 Å². The molecule has 2 N–H and O–H groups in total. The van der Waals surface area contributed by atoms with Gasteiger partial charge in [-0.3, -0.25) is 0 Å². The number of aryl methyl sites for hydroxylation is 1. The minimum atomic E-state index is 0.975. The quantitative estimate of drug-likeness (QED) is 0.781. The number of hydrogen-bond donors (Lipinski definition) is 2. The molecule has 14 heavy (non-hydrogen) atoms. The van der Waals surface area contributed by atoms with Gasteiger partial charge in [-0.05, 0) is 41.0 Å². The molecule has 4 heteroatoms. The van der Waals surface area contributed by atoms with Gasteiger partial charge in [0.05, 0.1) is 3.79 Å². The number of halogens is 1. The smallest absolute Gasteiger partial charge is 0.0730 e. The molecule has 0 amide bonds. The maximum atomic E-state index is 3.53. The van der Waals surface area contributed by atoms with Crippen LogP contribution in [0.25, 0.3) is 0 Å². The van der Waals surface area contributed by atoms with Gasteiger partial charge in [0.25, 0.3) is 0 Å². The monoisotopic (exact) mass is 276 g/mol. The van der Waals surface area contributed by atoms with Gasteiger partial charge in [-0.15, -0.1) is 11.3 Å². The Morgan fingerprint density at radius 1 is 1.36 bits per heavy atom. The van der Waals surface area contributed by atoms with E-state index in [0.717, 1.165) is 26.2 Å². The highest BCUT2D eigenvalue weighted by Gasteiger charge is 2.01. The van der Waals surface area contributed by atoms with Crippen LogP contribution in [-0.4, -0.2) is 19.6 Å². The van der Waals surface area contributed by atoms with Gasteiger partial charge in [-0.25, -0.2) is 0 Å². The molecule has 0 bridgehead atoms. The predicted octanol–water partition coefficient (Wildman–Crippen LogP) is 2.52. The fourth-order valence-electron chi connectivity index (χ4n) is 1.18. The summed E-state index contributed by atoms with van der Waals surface area (Å²) in [6.45, 7) is 8.35. The van der Waals surface area contributed by atoms with Crippen molar-refractivity contribution >= 4 is 27.3 Å². The zero-order chi connectivity index (χ0) is 10.4. The first-order chi connectivity index (χ1) is 6.74. The van der Waals surface area contributed by atoms with Crippen molar-refractivity contribution in [2.75, 3.05) is 19.6 Å². The second kappa shape index (κ2) is 6.56. The van der Waals surface area contributed by atoms with E-state index >= 15 is 0 Å². The molecule has 0 spiro atoms. The van der Waals surface area contributed by atoms with Crippen molar-refractivity contribution in [3.05, 3.63) is 20.3 Å². The molecule has 1 heterocycles. The average molecular weight is 277 g/mol. The Morgan fingerprint density at radius 2 is 2.07 bits per heavy atom. The van der Waals surface area contributed by atoms with Gasteiger partial charge >= 0.3 is 0 Å². The molecule has 2 nitrogen and oxygen atoms in total. The van der Waals surface area contributed by atoms with E-state index in [1.165, 1.54) is 14.2 Å². The van der Waals surface area contributed by atoms with Gasteiger partial charge in [0, 0.05) is 24.5 Å². The van der Waals surface area contributed by atoms with Gasteiger partial charge < -0.3 is 10.6 Å². The van der Waals surface area contributed by atoms with Crippen molar-refractivity contribution in [3.8, 4) is 0 Å². The van der Waals surface area contributed by atoms with Crippen molar-refractivity contribution in [3.63, 3.8) is 0 Å². The SMILES string of the molecule is CCNCCNCc1cc(C)c(Br)s1. The van der Waals surface area contributed by atoms with Crippen molar-refractivity contribution < 1.29 is 0 Å². The summed E-state index contributed by atoms with van der Waals surface area (Å²) < 4.78 is 1.25. The maximum absolute atomic E-state index is 3.53. The Morgan fingerprint density at radius 3 is 2.64 bits per heavy atom. The van der Waals surface area contributed by atoms with Crippen molar-refractivity contribution in [2.45, 2.75) is 20.4 Å². The number of rotatable bonds is 6. The van der Waals surface area contributed by atoms with Gasteiger partial charge in [-0.2, -0.15) is 0 Å². The summed E-state index contributed by atoms with van der Waals surface area (Å²) in [6, 6.07) is 2.23. The van der Waals surface area contributed by atoms with E-state index in [1.807, 2.05) is 11.3 Å². The molecule has 1 rings (SSSR count). The standard InChI is InChI=1S/C10H17BrN2S/c1-3-12-4-5-13-7-9-6-8(2)10(11)14-9/h6,12-13H,3-5,7H2,1-2H3. The molecule has 1 aromatic heterocycles. The summed E-state index contributed by atoms with van der Waals surface area (Å²) in [5.74, 6) is 0. The summed E-state index contributed by atoms with van der Waals surface area (Å²) in [5, 5.41) is 6.69. The van der Waals surface area contributed by atoms with Crippen molar-refractivity contribution in [1.29, 1.82) is 0 Å². The van der Waals surface area contributed by atoms with Crippen LogP contribution in [0.3, 0.4) is 0 Å². The van der Waals surface area contributed by atoms with E-state index in [2.05, 4.69) is 46.5 Å². The Hall–Kier alpha value is 0.1000. The molecule has 0 aromatic carbocycles. The number of nitrogens with one attached hydrogen (secondary N) is 2. The van der Waals surface area contributed by atoms with E-state index in [-0.39, 0.29) is 0 Å². The molecule has 0 saturated carbocycles. The van der Waals surface area contributed by atoms with E-state index in [1.54, 1.807) is 0 Å². The maximum Gasteiger partial charge on any atom is 0.0730 e. The summed E-state index contributed by atoms with van der Waals surface area (Å²) >= 11 is 5.34. The average Bonchev–Trinajstić information content (AvgIpc) is 2.46. The number of thiophene rings is 1. The molecular weight excluding hydrogens is 260 g/mol. The highest BCUT2D eigenvalue weighted by molar-refractivity contribution is 9.11. The summed E-state index contributed by atoms with van der Waals surface area (Å²) in [6.07, 6.45) is 0. The van der Waals surface area contributed by atoms with Crippen LogP contribution in [0.2, 0.25) is 0 Å². The van der Waals surface area contributed by atoms with Crippen LogP contribution in [0, 0.1) is 6.92 Å². The Balaban J connectivity index is 2.18. The third-order valence-electron chi connectivity index (χ3n) is 1.94. The molecule has 0 radical (unpaired) electrons. The Labute approximate surface area is 98.2 Å². The molecule has 0 unspecified atom stereocenters. The molecule has 0 aliphatic heterocycles. The minimum absolute atomic E-state index is 0.975. The topological polar surface area (TPSA) is 24.1 Å². The molecule has 80 valence electrons. The van der Waals surface area contributed by atoms with Crippen LogP contribution in [-0.2, 0) is 6.54 Å². The lowest BCUT2D eigenvalue weighted by Crippen LogP contribution is -2.26. The Bertz CT molecular complexity index is 254. The van der Waals surface area contributed by atoms with Gasteiger partial charge in [0.15, 0.2) is 0 Å². The summed E-state index contributed by atoms with van der Waals surface area (Å²) in [7, 11) is 0. The minimum Gasteiger partial charge on any atom is -0.316 e. The first-order valence-corrected chi connectivity index (χ1v) is 6.51. The largest absolute Gasteiger partial charge is 0.316 e. The van der Waals surface area contributed by atoms with E-state index in [0.29, 0.717) is 0 Å². The molecule has 0 saturated heterocycles. The summed E-state index contributed by atoms with van der Waals surface area (Å²) in [4.78, 5) is 1.39. The fraction of sp³-hybridized carbons (Fsp3) is 0.600.